The molecule has 2 heterocycles. The Kier molecular flexibility index (Phi) is 5.87. The number of nitrogens with zero attached hydrogens (tertiary/aromatic N) is 3. The van der Waals surface area contributed by atoms with Crippen LogP contribution in [0.3, 0.4) is 0 Å². The third-order valence-corrected chi connectivity index (χ3v) is 5.40. The molecule has 0 radical (unpaired) electrons. The molecule has 0 aliphatic carbocycles. The number of hydrogen-bond acceptors (Lipinski definition) is 4. The molecule has 0 saturated heterocycles. The molecule has 2 N–H and O–H groups in total. The van der Waals surface area contributed by atoms with Crippen LogP contribution in [0.15, 0.2) is 65.3 Å². The van der Waals surface area contributed by atoms with Crippen molar-refractivity contribution in [3.63, 3.8) is 0 Å². The lowest BCUT2D eigenvalue weighted by Gasteiger charge is -2.04. The van der Waals surface area contributed by atoms with E-state index in [0.29, 0.717) is 33.2 Å². The summed E-state index contributed by atoms with van der Waals surface area (Å²) in [5, 5.41) is 14.9. The zero-order valence-electron chi connectivity index (χ0n) is 15.9. The quantitative estimate of drug-likeness (QED) is 0.402. The van der Waals surface area contributed by atoms with Crippen molar-refractivity contribution < 1.29 is 9.53 Å². The summed E-state index contributed by atoms with van der Waals surface area (Å²) in [4.78, 5) is 12.6. The van der Waals surface area contributed by atoms with Crippen LogP contribution in [0.25, 0.3) is 11.3 Å². The molecule has 0 aliphatic rings. The summed E-state index contributed by atoms with van der Waals surface area (Å²) in [6, 6.07) is 16.7. The highest BCUT2D eigenvalue weighted by atomic mass is 79.9. The van der Waals surface area contributed by atoms with Crippen LogP contribution < -0.4 is 10.1 Å². The molecule has 0 aliphatic heterocycles. The van der Waals surface area contributed by atoms with Gasteiger partial charge in [0.25, 0.3) is 5.91 Å². The van der Waals surface area contributed by atoms with Crippen molar-refractivity contribution in [2.45, 2.75) is 6.54 Å². The standard InChI is InChI=1S/C21H17BrClN5O2/c1-30-15-8-6-13(7-9-15)18-10-19(26-25-18)21(29)24-20-16(22)12-28(27-20)11-14-4-2-3-5-17(14)23/h2-10,12H,11H2,1H3,(H,25,26)(H,24,27,29). The van der Waals surface area contributed by atoms with Gasteiger partial charge in [-0.15, -0.1) is 0 Å². The number of benzene rings is 2. The maximum absolute atomic E-state index is 12.6. The van der Waals surface area contributed by atoms with Gasteiger partial charge in [-0.25, -0.2) is 0 Å². The Bertz CT molecular complexity index is 1190. The van der Waals surface area contributed by atoms with Crippen LogP contribution in [-0.2, 0) is 6.54 Å². The van der Waals surface area contributed by atoms with Gasteiger partial charge in [-0.05, 0) is 57.9 Å². The fourth-order valence-electron chi connectivity index (χ4n) is 2.89. The Balaban J connectivity index is 1.47. The van der Waals surface area contributed by atoms with E-state index < -0.39 is 0 Å². The molecule has 152 valence electrons. The number of aromatic amines is 1. The normalized spacial score (nSPS) is 10.8. The zero-order chi connectivity index (χ0) is 21.1. The second kappa shape index (κ2) is 8.73. The lowest BCUT2D eigenvalue weighted by molar-refractivity contribution is 0.102. The smallest absolute Gasteiger partial charge is 0.274 e. The number of anilines is 1. The average Bonchev–Trinajstić information content (AvgIpc) is 3.37. The average molecular weight is 487 g/mol. The summed E-state index contributed by atoms with van der Waals surface area (Å²) >= 11 is 9.65. The molecule has 9 heteroatoms. The first kappa shape index (κ1) is 20.2. The number of H-pyrrole nitrogens is 1. The van der Waals surface area contributed by atoms with Gasteiger partial charge in [0.1, 0.15) is 11.4 Å². The van der Waals surface area contributed by atoms with E-state index in [2.05, 4.69) is 36.5 Å². The van der Waals surface area contributed by atoms with E-state index in [9.17, 15) is 4.79 Å². The number of nitrogens with one attached hydrogen (secondary N) is 2. The molecule has 0 unspecified atom stereocenters. The number of carbonyl (C=O) groups is 1. The van der Waals surface area contributed by atoms with Gasteiger partial charge in [0, 0.05) is 16.8 Å². The maximum atomic E-state index is 12.6. The van der Waals surface area contributed by atoms with Crippen molar-refractivity contribution in [3.8, 4) is 17.0 Å². The molecule has 0 atom stereocenters. The minimum atomic E-state index is -0.342. The Morgan fingerprint density at radius 1 is 1.23 bits per heavy atom. The van der Waals surface area contributed by atoms with Gasteiger partial charge in [0.2, 0.25) is 0 Å². The minimum Gasteiger partial charge on any atom is -0.497 e. The number of methoxy groups -OCH3 is 1. The fourth-order valence-corrected chi connectivity index (χ4v) is 3.50. The Hall–Kier alpha value is -3.10. The molecular formula is C21H17BrClN5O2. The molecule has 2 aromatic heterocycles. The number of carbonyl (C=O) groups excluding carboxylic acids is 1. The molecule has 2 aromatic carbocycles. The van der Waals surface area contributed by atoms with Crippen molar-refractivity contribution >= 4 is 39.3 Å². The summed E-state index contributed by atoms with van der Waals surface area (Å²) in [6.07, 6.45) is 1.79. The molecule has 0 spiro atoms. The molecule has 7 nitrogen and oxygen atoms in total. The van der Waals surface area contributed by atoms with Crippen LogP contribution in [0, 0.1) is 0 Å². The summed E-state index contributed by atoms with van der Waals surface area (Å²) in [6.45, 7) is 0.486. The number of amides is 1. The van der Waals surface area contributed by atoms with E-state index in [-0.39, 0.29) is 5.91 Å². The predicted octanol–water partition coefficient (Wildman–Crippen LogP) is 5.00. The first-order chi connectivity index (χ1) is 14.5. The van der Waals surface area contributed by atoms with Gasteiger partial charge in [-0.3, -0.25) is 14.6 Å². The molecule has 1 amide bonds. The number of aromatic nitrogens is 4. The highest BCUT2D eigenvalue weighted by Crippen LogP contribution is 2.24. The number of rotatable bonds is 6. The van der Waals surface area contributed by atoms with Crippen LogP contribution in [0.2, 0.25) is 5.02 Å². The van der Waals surface area contributed by atoms with Crippen LogP contribution in [0.5, 0.6) is 5.75 Å². The van der Waals surface area contributed by atoms with Gasteiger partial charge in [-0.2, -0.15) is 10.2 Å². The topological polar surface area (TPSA) is 84.8 Å². The largest absolute Gasteiger partial charge is 0.497 e. The Morgan fingerprint density at radius 3 is 2.73 bits per heavy atom. The molecular weight excluding hydrogens is 470 g/mol. The SMILES string of the molecule is COc1ccc(-c2cc(C(=O)Nc3nn(Cc4ccccc4Cl)cc3Br)[nH]n2)cc1. The summed E-state index contributed by atoms with van der Waals surface area (Å²) in [7, 11) is 1.61. The van der Waals surface area contributed by atoms with Crippen molar-refractivity contribution in [3.05, 3.63) is 81.5 Å². The summed E-state index contributed by atoms with van der Waals surface area (Å²) < 4.78 is 7.53. The third-order valence-electron chi connectivity index (χ3n) is 4.45. The number of ether oxygens (including phenoxy) is 1. The second-order valence-corrected chi connectivity index (χ2v) is 7.73. The maximum Gasteiger partial charge on any atom is 0.274 e. The molecule has 0 fully saturated rings. The molecule has 0 saturated carbocycles. The highest BCUT2D eigenvalue weighted by molar-refractivity contribution is 9.10. The van der Waals surface area contributed by atoms with E-state index >= 15 is 0 Å². The second-order valence-electron chi connectivity index (χ2n) is 6.46. The number of hydrogen-bond donors (Lipinski definition) is 2. The Labute approximate surface area is 186 Å². The van der Waals surface area contributed by atoms with Gasteiger partial charge in [0.05, 0.1) is 23.8 Å². The molecule has 4 aromatic rings. The minimum absolute atomic E-state index is 0.327. The summed E-state index contributed by atoms with van der Waals surface area (Å²) in [5.74, 6) is 0.822. The van der Waals surface area contributed by atoms with Crippen molar-refractivity contribution in [2.75, 3.05) is 12.4 Å². The molecule has 30 heavy (non-hydrogen) atoms. The fraction of sp³-hybridized carbons (Fsp3) is 0.0952. The molecule has 0 bridgehead atoms. The van der Waals surface area contributed by atoms with Gasteiger partial charge in [-0.1, -0.05) is 29.8 Å². The van der Waals surface area contributed by atoms with E-state index in [0.717, 1.165) is 16.9 Å². The van der Waals surface area contributed by atoms with Crippen molar-refractivity contribution in [1.82, 2.24) is 20.0 Å². The molecule has 4 rings (SSSR count). The van der Waals surface area contributed by atoms with Gasteiger partial charge in [0.15, 0.2) is 5.82 Å². The van der Waals surface area contributed by atoms with E-state index in [1.807, 2.05) is 48.5 Å². The van der Waals surface area contributed by atoms with E-state index in [4.69, 9.17) is 16.3 Å². The van der Waals surface area contributed by atoms with Gasteiger partial charge < -0.3 is 10.1 Å². The first-order valence-electron chi connectivity index (χ1n) is 9.01. The van der Waals surface area contributed by atoms with Crippen molar-refractivity contribution in [2.24, 2.45) is 0 Å². The van der Waals surface area contributed by atoms with Gasteiger partial charge >= 0.3 is 0 Å². The lowest BCUT2D eigenvalue weighted by Crippen LogP contribution is -2.13. The lowest BCUT2D eigenvalue weighted by atomic mass is 10.1. The van der Waals surface area contributed by atoms with Crippen LogP contribution >= 0.6 is 27.5 Å². The van der Waals surface area contributed by atoms with Crippen LogP contribution in [0.1, 0.15) is 16.1 Å². The zero-order valence-corrected chi connectivity index (χ0v) is 18.2. The van der Waals surface area contributed by atoms with Crippen molar-refractivity contribution in [1.29, 1.82) is 0 Å². The van der Waals surface area contributed by atoms with E-state index in [1.165, 1.54) is 0 Å². The predicted molar refractivity (Wildman–Crippen MR) is 119 cm³/mol. The number of halogens is 2. The summed E-state index contributed by atoms with van der Waals surface area (Å²) in [5.41, 5.74) is 2.79. The van der Waals surface area contributed by atoms with Crippen LogP contribution in [-0.4, -0.2) is 33.0 Å². The van der Waals surface area contributed by atoms with E-state index in [1.54, 1.807) is 24.1 Å². The third kappa shape index (κ3) is 4.39. The highest BCUT2D eigenvalue weighted by Gasteiger charge is 2.15. The first-order valence-corrected chi connectivity index (χ1v) is 10.2. The Morgan fingerprint density at radius 2 is 2.00 bits per heavy atom. The van der Waals surface area contributed by atoms with Crippen LogP contribution in [0.4, 0.5) is 5.82 Å². The monoisotopic (exact) mass is 485 g/mol.